The fraction of sp³-hybridized carbons (Fsp3) is 0.120. The van der Waals surface area contributed by atoms with Crippen LogP contribution in [0.1, 0.15) is 27.0 Å². The third-order valence-electron chi connectivity index (χ3n) is 4.81. The number of nitrogens with zero attached hydrogens (tertiary/aromatic N) is 2. The lowest BCUT2D eigenvalue weighted by Gasteiger charge is -2.09. The topological polar surface area (TPSA) is 56.1 Å². The number of hydrogen-bond acceptors (Lipinski definition) is 3. The Morgan fingerprint density at radius 1 is 1.06 bits per heavy atom. The SMILES string of the molecule is Cc1ccc(Cl)c(OCc2ccc(C(=O)Nc3ccn(Cc4cccc(F)c4)n3)cc2)c1. The molecule has 1 aromatic heterocycles. The van der Waals surface area contributed by atoms with E-state index >= 15 is 0 Å². The van der Waals surface area contributed by atoms with Gasteiger partial charge in [0.15, 0.2) is 5.82 Å². The second kappa shape index (κ2) is 9.66. The van der Waals surface area contributed by atoms with Gasteiger partial charge in [0.25, 0.3) is 5.91 Å². The summed E-state index contributed by atoms with van der Waals surface area (Å²) in [4.78, 5) is 12.5. The number of hydrogen-bond donors (Lipinski definition) is 1. The van der Waals surface area contributed by atoms with E-state index in [1.54, 1.807) is 41.2 Å². The normalized spacial score (nSPS) is 10.7. The Morgan fingerprint density at radius 2 is 1.88 bits per heavy atom. The summed E-state index contributed by atoms with van der Waals surface area (Å²) in [7, 11) is 0. The molecule has 162 valence electrons. The Balaban J connectivity index is 1.34. The number of ether oxygens (including phenoxy) is 1. The zero-order valence-corrected chi connectivity index (χ0v) is 18.1. The highest BCUT2D eigenvalue weighted by Gasteiger charge is 2.09. The van der Waals surface area contributed by atoms with Crippen LogP contribution in [0.25, 0.3) is 0 Å². The number of carbonyl (C=O) groups is 1. The van der Waals surface area contributed by atoms with Crippen LogP contribution in [0.2, 0.25) is 5.02 Å². The zero-order chi connectivity index (χ0) is 22.5. The minimum absolute atomic E-state index is 0.268. The molecule has 1 heterocycles. The number of benzene rings is 3. The number of carbonyl (C=O) groups excluding carboxylic acids is 1. The standard InChI is InChI=1S/C25H21ClFN3O2/c1-17-5-10-22(26)23(13-17)32-16-18-6-8-20(9-7-18)25(31)28-24-11-12-30(29-24)15-19-3-2-4-21(27)14-19/h2-14H,15-16H2,1H3,(H,28,29,31). The van der Waals surface area contributed by atoms with Crippen LogP contribution in [0, 0.1) is 12.7 Å². The Morgan fingerprint density at radius 3 is 2.66 bits per heavy atom. The van der Waals surface area contributed by atoms with E-state index in [4.69, 9.17) is 16.3 Å². The summed E-state index contributed by atoms with van der Waals surface area (Å²) in [5.74, 6) is 0.490. The number of rotatable bonds is 7. The number of anilines is 1. The first-order valence-corrected chi connectivity index (χ1v) is 10.4. The highest BCUT2D eigenvalue weighted by molar-refractivity contribution is 6.32. The monoisotopic (exact) mass is 449 g/mol. The fourth-order valence-electron chi connectivity index (χ4n) is 3.16. The van der Waals surface area contributed by atoms with Crippen LogP contribution in [-0.4, -0.2) is 15.7 Å². The van der Waals surface area contributed by atoms with Gasteiger partial charge >= 0.3 is 0 Å². The molecule has 0 atom stereocenters. The maximum Gasteiger partial charge on any atom is 0.256 e. The summed E-state index contributed by atoms with van der Waals surface area (Å²) >= 11 is 6.16. The summed E-state index contributed by atoms with van der Waals surface area (Å²) in [5, 5.41) is 7.66. The summed E-state index contributed by atoms with van der Waals surface area (Å²) in [6, 6.07) is 20.8. The summed E-state index contributed by atoms with van der Waals surface area (Å²) in [6.45, 7) is 2.73. The molecule has 0 aliphatic rings. The van der Waals surface area contributed by atoms with Crippen molar-refractivity contribution in [1.82, 2.24) is 9.78 Å². The van der Waals surface area contributed by atoms with Crippen molar-refractivity contribution in [3.05, 3.63) is 112 Å². The first-order chi connectivity index (χ1) is 15.5. The Bertz CT molecular complexity index is 1240. The molecule has 1 amide bonds. The van der Waals surface area contributed by atoms with E-state index in [2.05, 4.69) is 10.4 Å². The number of halogens is 2. The summed E-state index contributed by atoms with van der Waals surface area (Å²) in [6.07, 6.45) is 1.73. The van der Waals surface area contributed by atoms with E-state index in [-0.39, 0.29) is 11.7 Å². The summed E-state index contributed by atoms with van der Waals surface area (Å²) in [5.41, 5.74) is 3.27. The molecule has 0 saturated carbocycles. The molecule has 4 rings (SSSR count). The van der Waals surface area contributed by atoms with Gasteiger partial charge < -0.3 is 10.1 Å². The molecule has 0 aliphatic carbocycles. The van der Waals surface area contributed by atoms with Crippen molar-refractivity contribution >= 4 is 23.3 Å². The third-order valence-corrected chi connectivity index (χ3v) is 5.13. The minimum atomic E-state index is -0.293. The van der Waals surface area contributed by atoms with Crippen molar-refractivity contribution in [1.29, 1.82) is 0 Å². The zero-order valence-electron chi connectivity index (χ0n) is 17.4. The van der Waals surface area contributed by atoms with Gasteiger partial charge in [0.05, 0.1) is 11.6 Å². The van der Waals surface area contributed by atoms with E-state index in [1.165, 1.54) is 12.1 Å². The molecule has 3 aromatic carbocycles. The van der Waals surface area contributed by atoms with Crippen molar-refractivity contribution in [2.75, 3.05) is 5.32 Å². The molecule has 1 N–H and O–H groups in total. The predicted molar refractivity (Wildman–Crippen MR) is 123 cm³/mol. The van der Waals surface area contributed by atoms with Gasteiger partial charge in [-0.1, -0.05) is 41.9 Å². The first kappa shape index (κ1) is 21.6. The van der Waals surface area contributed by atoms with E-state index in [9.17, 15) is 9.18 Å². The van der Waals surface area contributed by atoms with Crippen LogP contribution >= 0.6 is 11.6 Å². The smallest absolute Gasteiger partial charge is 0.256 e. The molecule has 5 nitrogen and oxygen atoms in total. The van der Waals surface area contributed by atoms with Gasteiger partial charge in [-0.3, -0.25) is 9.48 Å². The number of aryl methyl sites for hydroxylation is 1. The lowest BCUT2D eigenvalue weighted by molar-refractivity contribution is 0.102. The van der Waals surface area contributed by atoms with Gasteiger partial charge in [-0.25, -0.2) is 4.39 Å². The average molecular weight is 450 g/mol. The number of amides is 1. The largest absolute Gasteiger partial charge is 0.487 e. The van der Waals surface area contributed by atoms with Gasteiger partial charge in [0.1, 0.15) is 18.2 Å². The van der Waals surface area contributed by atoms with Crippen LogP contribution in [0.4, 0.5) is 10.2 Å². The van der Waals surface area contributed by atoms with Gasteiger partial charge in [-0.2, -0.15) is 5.10 Å². The van der Waals surface area contributed by atoms with Crippen molar-refractivity contribution in [3.8, 4) is 5.75 Å². The highest BCUT2D eigenvalue weighted by atomic mass is 35.5. The van der Waals surface area contributed by atoms with Crippen LogP contribution in [-0.2, 0) is 13.2 Å². The highest BCUT2D eigenvalue weighted by Crippen LogP contribution is 2.26. The van der Waals surface area contributed by atoms with Gasteiger partial charge in [-0.05, 0) is 60.0 Å². The van der Waals surface area contributed by atoms with Crippen molar-refractivity contribution in [3.63, 3.8) is 0 Å². The Kier molecular flexibility index (Phi) is 6.52. The second-order valence-electron chi connectivity index (χ2n) is 7.40. The number of aromatic nitrogens is 2. The van der Waals surface area contributed by atoms with Crippen molar-refractivity contribution in [2.45, 2.75) is 20.1 Å². The molecule has 7 heteroatoms. The van der Waals surface area contributed by atoms with E-state index in [0.717, 1.165) is 16.7 Å². The van der Waals surface area contributed by atoms with E-state index < -0.39 is 0 Å². The quantitative estimate of drug-likeness (QED) is 0.384. The molecule has 0 fully saturated rings. The second-order valence-corrected chi connectivity index (χ2v) is 7.81. The average Bonchev–Trinajstić information content (AvgIpc) is 3.21. The van der Waals surface area contributed by atoms with E-state index in [0.29, 0.717) is 35.3 Å². The Hall–Kier alpha value is -3.64. The maximum absolute atomic E-state index is 13.3. The van der Waals surface area contributed by atoms with Crippen LogP contribution in [0.15, 0.2) is 79.0 Å². The molecular formula is C25H21ClFN3O2. The molecule has 0 radical (unpaired) electrons. The first-order valence-electron chi connectivity index (χ1n) is 10.0. The lowest BCUT2D eigenvalue weighted by atomic mass is 10.1. The molecule has 4 aromatic rings. The molecule has 32 heavy (non-hydrogen) atoms. The third kappa shape index (κ3) is 5.53. The maximum atomic E-state index is 13.3. The predicted octanol–water partition coefficient (Wildman–Crippen LogP) is 5.86. The molecule has 0 unspecified atom stereocenters. The van der Waals surface area contributed by atoms with Gasteiger partial charge in [0.2, 0.25) is 0 Å². The molecular weight excluding hydrogens is 429 g/mol. The van der Waals surface area contributed by atoms with Crippen LogP contribution in [0.5, 0.6) is 5.75 Å². The van der Waals surface area contributed by atoms with Crippen LogP contribution < -0.4 is 10.1 Å². The molecule has 0 spiro atoms. The Labute approximate surface area is 190 Å². The van der Waals surface area contributed by atoms with E-state index in [1.807, 2.05) is 37.3 Å². The fourth-order valence-corrected chi connectivity index (χ4v) is 3.33. The summed E-state index contributed by atoms with van der Waals surface area (Å²) < 4.78 is 20.8. The van der Waals surface area contributed by atoms with Crippen molar-refractivity contribution in [2.24, 2.45) is 0 Å². The van der Waals surface area contributed by atoms with Gasteiger partial charge in [0, 0.05) is 17.8 Å². The lowest BCUT2D eigenvalue weighted by Crippen LogP contribution is -2.13. The molecule has 0 bridgehead atoms. The van der Waals surface area contributed by atoms with Crippen molar-refractivity contribution < 1.29 is 13.9 Å². The van der Waals surface area contributed by atoms with Crippen LogP contribution in [0.3, 0.4) is 0 Å². The molecule has 0 aliphatic heterocycles. The minimum Gasteiger partial charge on any atom is -0.487 e. The van der Waals surface area contributed by atoms with Gasteiger partial charge in [-0.15, -0.1) is 0 Å². The number of nitrogens with one attached hydrogen (secondary N) is 1. The molecule has 0 saturated heterocycles.